The summed E-state index contributed by atoms with van der Waals surface area (Å²) >= 11 is 0. The SMILES string of the molecule is Cc1cccc(-c2nc3cc(F)cc(F)c3c(Nc3cc(N4CCOCC4)cnc3N3CCOCC3)c2C)n1. The van der Waals surface area contributed by atoms with Gasteiger partial charge in [0, 0.05) is 49.6 Å². The number of nitrogens with one attached hydrogen (secondary N) is 1. The van der Waals surface area contributed by atoms with Crippen molar-refractivity contribution in [3.63, 3.8) is 0 Å². The van der Waals surface area contributed by atoms with Crippen LogP contribution in [-0.2, 0) is 9.47 Å². The molecule has 2 aliphatic heterocycles. The lowest BCUT2D eigenvalue weighted by Crippen LogP contribution is -2.38. The lowest BCUT2D eigenvalue weighted by Gasteiger charge is -2.32. The second-order valence-corrected chi connectivity index (χ2v) is 9.79. The number of aryl methyl sites for hydroxylation is 1. The van der Waals surface area contributed by atoms with Gasteiger partial charge in [0.1, 0.15) is 11.6 Å². The Morgan fingerprint density at radius 1 is 0.872 bits per heavy atom. The smallest absolute Gasteiger partial charge is 0.152 e. The number of nitrogens with zero attached hydrogens (tertiary/aromatic N) is 5. The van der Waals surface area contributed by atoms with E-state index in [1.807, 2.05) is 44.3 Å². The molecule has 0 radical (unpaired) electrons. The van der Waals surface area contributed by atoms with Crippen molar-refractivity contribution in [3.05, 3.63) is 65.5 Å². The van der Waals surface area contributed by atoms with E-state index in [4.69, 9.17) is 14.5 Å². The van der Waals surface area contributed by atoms with Crippen LogP contribution in [-0.4, -0.2) is 67.6 Å². The molecule has 202 valence electrons. The molecular weight excluding hydrogens is 502 g/mol. The van der Waals surface area contributed by atoms with Gasteiger partial charge in [-0.1, -0.05) is 6.07 Å². The number of aromatic nitrogens is 3. The molecule has 1 aromatic carbocycles. The fourth-order valence-corrected chi connectivity index (χ4v) is 5.18. The van der Waals surface area contributed by atoms with Gasteiger partial charge in [-0.05, 0) is 32.0 Å². The summed E-state index contributed by atoms with van der Waals surface area (Å²) in [6.07, 6.45) is 1.87. The first-order chi connectivity index (χ1) is 19.0. The Morgan fingerprint density at radius 2 is 1.59 bits per heavy atom. The number of hydrogen-bond acceptors (Lipinski definition) is 8. The van der Waals surface area contributed by atoms with E-state index in [0.717, 1.165) is 42.0 Å². The van der Waals surface area contributed by atoms with Crippen LogP contribution in [0.4, 0.5) is 31.7 Å². The number of halogens is 2. The normalized spacial score (nSPS) is 16.1. The van der Waals surface area contributed by atoms with Gasteiger partial charge < -0.3 is 24.6 Å². The second-order valence-electron chi connectivity index (χ2n) is 9.79. The molecule has 0 aliphatic carbocycles. The maximum Gasteiger partial charge on any atom is 0.152 e. The van der Waals surface area contributed by atoms with E-state index in [0.29, 0.717) is 62.2 Å². The molecular formula is C29H30F2N6O2. The standard InChI is InChI=1S/C29H30F2N6O2/c1-18-4-3-5-23(33-18)27-19(2)28(26-22(31)14-20(30)15-24(26)34-27)35-25-16-21(36-6-10-38-11-7-36)17-32-29(25)37-8-12-39-13-9-37/h3-5,14-17H,6-13H2,1-2H3,(H,34,35). The summed E-state index contributed by atoms with van der Waals surface area (Å²) in [4.78, 5) is 18.5. The third-order valence-corrected chi connectivity index (χ3v) is 7.18. The van der Waals surface area contributed by atoms with Gasteiger partial charge in [0.25, 0.3) is 0 Å². The van der Waals surface area contributed by atoms with E-state index in [1.54, 1.807) is 0 Å². The lowest BCUT2D eigenvalue weighted by molar-refractivity contribution is 0.122. The number of hydrogen-bond donors (Lipinski definition) is 1. The average molecular weight is 533 g/mol. The van der Waals surface area contributed by atoms with Gasteiger partial charge in [-0.2, -0.15) is 0 Å². The molecule has 0 atom stereocenters. The van der Waals surface area contributed by atoms with Crippen molar-refractivity contribution in [2.45, 2.75) is 13.8 Å². The predicted molar refractivity (Wildman–Crippen MR) is 148 cm³/mol. The quantitative estimate of drug-likeness (QED) is 0.385. The van der Waals surface area contributed by atoms with Crippen LogP contribution in [0.15, 0.2) is 42.6 Å². The minimum absolute atomic E-state index is 0.212. The Bertz CT molecular complexity index is 1520. The zero-order valence-corrected chi connectivity index (χ0v) is 22.0. The van der Waals surface area contributed by atoms with Crippen LogP contribution in [0, 0.1) is 25.5 Å². The molecule has 0 spiro atoms. The minimum atomic E-state index is -0.685. The van der Waals surface area contributed by atoms with E-state index in [2.05, 4.69) is 25.1 Å². The van der Waals surface area contributed by atoms with Crippen LogP contribution in [0.1, 0.15) is 11.3 Å². The zero-order valence-electron chi connectivity index (χ0n) is 22.0. The topological polar surface area (TPSA) is 75.6 Å². The molecule has 2 saturated heterocycles. The zero-order chi connectivity index (χ0) is 26.9. The van der Waals surface area contributed by atoms with Crippen LogP contribution in [0.5, 0.6) is 0 Å². The Morgan fingerprint density at radius 3 is 2.31 bits per heavy atom. The van der Waals surface area contributed by atoms with Crippen LogP contribution >= 0.6 is 0 Å². The van der Waals surface area contributed by atoms with E-state index in [-0.39, 0.29) is 10.9 Å². The Balaban J connectivity index is 1.53. The minimum Gasteiger partial charge on any atom is -0.378 e. The van der Waals surface area contributed by atoms with Crippen molar-refractivity contribution in [1.29, 1.82) is 0 Å². The molecule has 10 heteroatoms. The number of pyridine rings is 3. The molecule has 0 unspecified atom stereocenters. The number of benzene rings is 1. The first kappa shape index (κ1) is 25.4. The predicted octanol–water partition coefficient (Wildman–Crippen LogP) is 5.00. The Labute approximate surface area is 225 Å². The first-order valence-corrected chi connectivity index (χ1v) is 13.1. The molecule has 0 bridgehead atoms. The molecule has 8 nitrogen and oxygen atoms in total. The van der Waals surface area contributed by atoms with Crippen molar-refractivity contribution >= 4 is 33.8 Å². The Kier molecular flexibility index (Phi) is 6.97. The molecule has 4 aromatic rings. The molecule has 3 aromatic heterocycles. The number of anilines is 4. The third kappa shape index (κ3) is 5.09. The molecule has 1 N–H and O–H groups in total. The van der Waals surface area contributed by atoms with E-state index in [1.165, 1.54) is 6.07 Å². The molecule has 39 heavy (non-hydrogen) atoms. The van der Waals surface area contributed by atoms with Gasteiger partial charge in [-0.15, -0.1) is 0 Å². The van der Waals surface area contributed by atoms with Crippen LogP contribution in [0.3, 0.4) is 0 Å². The fraction of sp³-hybridized carbons (Fsp3) is 0.345. The molecule has 6 rings (SSSR count). The molecule has 2 aliphatic rings. The summed E-state index contributed by atoms with van der Waals surface area (Å²) in [7, 11) is 0. The summed E-state index contributed by atoms with van der Waals surface area (Å²) in [6.45, 7) is 9.15. The van der Waals surface area contributed by atoms with Crippen LogP contribution in [0.2, 0.25) is 0 Å². The highest BCUT2D eigenvalue weighted by atomic mass is 19.1. The van der Waals surface area contributed by atoms with Gasteiger partial charge >= 0.3 is 0 Å². The highest BCUT2D eigenvalue weighted by Gasteiger charge is 2.23. The molecule has 5 heterocycles. The summed E-state index contributed by atoms with van der Waals surface area (Å²) < 4.78 is 40.9. The van der Waals surface area contributed by atoms with Gasteiger partial charge in [-0.25, -0.2) is 18.7 Å². The number of fused-ring (bicyclic) bond motifs is 1. The van der Waals surface area contributed by atoms with Crippen molar-refractivity contribution in [3.8, 4) is 11.4 Å². The molecule has 0 saturated carbocycles. The highest BCUT2D eigenvalue weighted by Crippen LogP contribution is 2.39. The lowest BCUT2D eigenvalue weighted by atomic mass is 10.0. The van der Waals surface area contributed by atoms with Gasteiger partial charge in [0.15, 0.2) is 5.82 Å². The van der Waals surface area contributed by atoms with E-state index < -0.39 is 11.6 Å². The van der Waals surface area contributed by atoms with E-state index in [9.17, 15) is 4.39 Å². The summed E-state index contributed by atoms with van der Waals surface area (Å²) in [5.41, 5.74) is 5.11. The van der Waals surface area contributed by atoms with Crippen molar-refractivity contribution in [2.24, 2.45) is 0 Å². The van der Waals surface area contributed by atoms with Crippen molar-refractivity contribution < 1.29 is 18.3 Å². The summed E-state index contributed by atoms with van der Waals surface area (Å²) in [5.74, 6) is -0.620. The van der Waals surface area contributed by atoms with Gasteiger partial charge in [0.05, 0.1) is 72.0 Å². The van der Waals surface area contributed by atoms with Crippen molar-refractivity contribution in [2.75, 3.05) is 67.7 Å². The monoisotopic (exact) mass is 532 g/mol. The number of morpholine rings is 2. The maximum absolute atomic E-state index is 15.4. The third-order valence-electron chi connectivity index (χ3n) is 7.18. The van der Waals surface area contributed by atoms with Crippen molar-refractivity contribution in [1.82, 2.24) is 15.0 Å². The summed E-state index contributed by atoms with van der Waals surface area (Å²) in [6, 6.07) is 9.84. The Hall–Kier alpha value is -3.89. The van der Waals surface area contributed by atoms with Crippen LogP contribution in [0.25, 0.3) is 22.3 Å². The average Bonchev–Trinajstić information content (AvgIpc) is 2.95. The largest absolute Gasteiger partial charge is 0.378 e. The second kappa shape index (κ2) is 10.7. The summed E-state index contributed by atoms with van der Waals surface area (Å²) in [5, 5.41) is 3.73. The number of rotatable bonds is 5. The molecule has 2 fully saturated rings. The number of ether oxygens (including phenoxy) is 2. The first-order valence-electron chi connectivity index (χ1n) is 13.1. The highest BCUT2D eigenvalue weighted by molar-refractivity contribution is 5.99. The maximum atomic E-state index is 15.4. The molecule has 0 amide bonds. The van der Waals surface area contributed by atoms with Gasteiger partial charge in [-0.3, -0.25) is 4.98 Å². The van der Waals surface area contributed by atoms with Crippen LogP contribution < -0.4 is 15.1 Å². The fourth-order valence-electron chi connectivity index (χ4n) is 5.18. The van der Waals surface area contributed by atoms with E-state index >= 15 is 4.39 Å². The van der Waals surface area contributed by atoms with Gasteiger partial charge in [0.2, 0.25) is 0 Å².